The molecule has 2 aromatic rings. The van der Waals surface area contributed by atoms with Crippen LogP contribution in [0.1, 0.15) is 12.5 Å². The quantitative estimate of drug-likeness (QED) is 0.693. The predicted molar refractivity (Wildman–Crippen MR) is 76.6 cm³/mol. The van der Waals surface area contributed by atoms with Crippen molar-refractivity contribution in [2.75, 3.05) is 7.11 Å². The molecule has 0 radical (unpaired) electrons. The third-order valence-corrected chi connectivity index (χ3v) is 3.80. The molecule has 1 aliphatic rings. The molecule has 5 heteroatoms. The van der Waals surface area contributed by atoms with E-state index in [1.165, 1.54) is 7.11 Å². The number of aromatic amines is 1. The number of benzene rings is 1. The van der Waals surface area contributed by atoms with Crippen LogP contribution in [0.15, 0.2) is 41.6 Å². The maximum atomic E-state index is 11.8. The lowest BCUT2D eigenvalue weighted by atomic mass is 10.0. The minimum atomic E-state index is -0.640. The first-order chi connectivity index (χ1) is 10.1. The van der Waals surface area contributed by atoms with Crippen LogP contribution in [0.2, 0.25) is 0 Å². The van der Waals surface area contributed by atoms with Gasteiger partial charge in [0.1, 0.15) is 11.7 Å². The number of carbonyl (C=O) groups is 2. The Hall–Kier alpha value is -2.56. The van der Waals surface area contributed by atoms with Crippen LogP contribution in [0, 0.1) is 0 Å². The Kier molecular flexibility index (Phi) is 3.25. The third-order valence-electron chi connectivity index (χ3n) is 3.80. The summed E-state index contributed by atoms with van der Waals surface area (Å²) >= 11 is 0. The molecule has 1 aromatic carbocycles. The molecular formula is C16H15NO4. The number of para-hydroxylation sites is 1. The van der Waals surface area contributed by atoms with Gasteiger partial charge in [0.05, 0.1) is 7.11 Å². The number of rotatable bonds is 3. The van der Waals surface area contributed by atoms with Crippen molar-refractivity contribution in [1.82, 2.24) is 4.98 Å². The van der Waals surface area contributed by atoms with E-state index in [9.17, 15) is 9.59 Å². The number of nitrogens with one attached hydrogen (secondary N) is 1. The number of carbonyl (C=O) groups excluding carboxylic acids is 2. The van der Waals surface area contributed by atoms with Gasteiger partial charge in [-0.05, 0) is 24.1 Å². The fourth-order valence-corrected chi connectivity index (χ4v) is 2.64. The molecule has 2 heterocycles. The van der Waals surface area contributed by atoms with Gasteiger partial charge in [-0.1, -0.05) is 18.2 Å². The van der Waals surface area contributed by atoms with Crippen LogP contribution < -0.4 is 0 Å². The molecule has 0 saturated carbocycles. The molecule has 3 rings (SSSR count). The molecule has 1 N–H and O–H groups in total. The first-order valence-corrected chi connectivity index (χ1v) is 6.67. The Bertz CT molecular complexity index is 756. The molecule has 0 fully saturated rings. The number of fused-ring (bicyclic) bond motifs is 1. The molecule has 21 heavy (non-hydrogen) atoms. The normalized spacial score (nSPS) is 18.2. The maximum Gasteiger partial charge on any atom is 0.346 e. The van der Waals surface area contributed by atoms with Crippen LogP contribution in [0.5, 0.6) is 0 Å². The fraction of sp³-hybridized carbons (Fsp3) is 0.250. The topological polar surface area (TPSA) is 68.4 Å². The standard InChI is InChI=1S/C16H15NO4/c1-9-13(21-16(19)14(9)15(18)20-2)7-10-8-17-12-6-4-3-5-11(10)12/h3-6,8,13,17H,7H2,1-2H3. The predicted octanol–water partition coefficient (Wildman–Crippen LogP) is 2.13. The largest absolute Gasteiger partial charge is 0.465 e. The lowest BCUT2D eigenvalue weighted by Gasteiger charge is -2.10. The smallest absolute Gasteiger partial charge is 0.346 e. The minimum Gasteiger partial charge on any atom is -0.465 e. The third kappa shape index (κ3) is 2.20. The van der Waals surface area contributed by atoms with E-state index in [-0.39, 0.29) is 5.57 Å². The zero-order valence-corrected chi connectivity index (χ0v) is 11.8. The lowest BCUT2D eigenvalue weighted by molar-refractivity contribution is -0.145. The van der Waals surface area contributed by atoms with Gasteiger partial charge in [-0.15, -0.1) is 0 Å². The van der Waals surface area contributed by atoms with E-state index < -0.39 is 18.0 Å². The highest BCUT2D eigenvalue weighted by atomic mass is 16.6. The Labute approximate surface area is 121 Å². The first-order valence-electron chi connectivity index (χ1n) is 6.67. The molecule has 0 amide bonds. The van der Waals surface area contributed by atoms with E-state index in [1.54, 1.807) is 6.92 Å². The molecule has 1 atom stereocenters. The van der Waals surface area contributed by atoms with E-state index >= 15 is 0 Å². The molecular weight excluding hydrogens is 270 g/mol. The molecule has 0 spiro atoms. The monoisotopic (exact) mass is 285 g/mol. The van der Waals surface area contributed by atoms with Crippen molar-refractivity contribution < 1.29 is 19.1 Å². The van der Waals surface area contributed by atoms with E-state index in [4.69, 9.17) is 4.74 Å². The molecule has 0 bridgehead atoms. The summed E-state index contributed by atoms with van der Waals surface area (Å²) in [6.45, 7) is 1.73. The highest BCUT2D eigenvalue weighted by Gasteiger charge is 2.36. The summed E-state index contributed by atoms with van der Waals surface area (Å²) in [6.07, 6.45) is 2.01. The van der Waals surface area contributed by atoms with Crippen molar-refractivity contribution in [2.45, 2.75) is 19.4 Å². The van der Waals surface area contributed by atoms with Crippen molar-refractivity contribution in [3.05, 3.63) is 47.2 Å². The second-order valence-corrected chi connectivity index (χ2v) is 5.01. The van der Waals surface area contributed by atoms with Gasteiger partial charge < -0.3 is 14.5 Å². The Morgan fingerprint density at radius 3 is 2.90 bits per heavy atom. The Morgan fingerprint density at radius 2 is 2.14 bits per heavy atom. The van der Waals surface area contributed by atoms with Gasteiger partial charge in [-0.3, -0.25) is 0 Å². The van der Waals surface area contributed by atoms with Crippen LogP contribution in [0.4, 0.5) is 0 Å². The number of H-pyrrole nitrogens is 1. The molecule has 1 unspecified atom stereocenters. The molecule has 1 aromatic heterocycles. The summed E-state index contributed by atoms with van der Waals surface area (Å²) in [5.41, 5.74) is 2.72. The molecule has 1 aliphatic heterocycles. The average molecular weight is 285 g/mol. The maximum absolute atomic E-state index is 11.8. The zero-order chi connectivity index (χ0) is 15.0. The van der Waals surface area contributed by atoms with Gasteiger partial charge in [0.15, 0.2) is 0 Å². The Balaban J connectivity index is 1.91. The number of hydrogen-bond donors (Lipinski definition) is 1. The van der Waals surface area contributed by atoms with Crippen LogP contribution in [0.3, 0.4) is 0 Å². The van der Waals surface area contributed by atoms with E-state index in [2.05, 4.69) is 9.72 Å². The average Bonchev–Trinajstić information content (AvgIpc) is 3.01. The number of methoxy groups -OCH3 is 1. The van der Waals surface area contributed by atoms with Gasteiger partial charge in [0, 0.05) is 23.5 Å². The first kappa shape index (κ1) is 13.4. The van der Waals surface area contributed by atoms with E-state index in [0.717, 1.165) is 16.5 Å². The van der Waals surface area contributed by atoms with Crippen LogP contribution in [-0.4, -0.2) is 30.1 Å². The van der Waals surface area contributed by atoms with Gasteiger partial charge >= 0.3 is 11.9 Å². The van der Waals surface area contributed by atoms with E-state index in [1.807, 2.05) is 30.5 Å². The van der Waals surface area contributed by atoms with Gasteiger partial charge in [0.25, 0.3) is 0 Å². The summed E-state index contributed by atoms with van der Waals surface area (Å²) in [5, 5.41) is 1.09. The molecule has 108 valence electrons. The lowest BCUT2D eigenvalue weighted by Crippen LogP contribution is -2.14. The SMILES string of the molecule is COC(=O)C1=C(C)C(Cc2c[nH]c3ccccc23)OC1=O. The van der Waals surface area contributed by atoms with Gasteiger partial charge in [-0.25, -0.2) is 9.59 Å². The molecule has 0 saturated heterocycles. The number of hydrogen-bond acceptors (Lipinski definition) is 4. The minimum absolute atomic E-state index is 0.0161. The van der Waals surface area contributed by atoms with Crippen molar-refractivity contribution >= 4 is 22.8 Å². The highest BCUT2D eigenvalue weighted by Crippen LogP contribution is 2.28. The number of ether oxygens (including phenoxy) is 2. The number of esters is 2. The number of cyclic esters (lactones) is 1. The summed E-state index contributed by atoms with van der Waals surface area (Å²) in [4.78, 5) is 26.6. The summed E-state index contributed by atoms with van der Waals surface area (Å²) < 4.78 is 9.93. The van der Waals surface area contributed by atoms with E-state index in [0.29, 0.717) is 12.0 Å². The van der Waals surface area contributed by atoms with Gasteiger partial charge in [0.2, 0.25) is 0 Å². The number of aromatic nitrogens is 1. The highest BCUT2D eigenvalue weighted by molar-refractivity contribution is 6.16. The van der Waals surface area contributed by atoms with Crippen LogP contribution >= 0.6 is 0 Å². The van der Waals surface area contributed by atoms with Gasteiger partial charge in [-0.2, -0.15) is 0 Å². The Morgan fingerprint density at radius 1 is 1.38 bits per heavy atom. The second-order valence-electron chi connectivity index (χ2n) is 5.01. The molecule has 0 aliphatic carbocycles. The van der Waals surface area contributed by atoms with Crippen molar-refractivity contribution in [1.29, 1.82) is 0 Å². The zero-order valence-electron chi connectivity index (χ0n) is 11.8. The second kappa shape index (κ2) is 5.09. The summed E-state index contributed by atoms with van der Waals surface area (Å²) in [5.74, 6) is -1.25. The van der Waals surface area contributed by atoms with Crippen LogP contribution in [0.25, 0.3) is 10.9 Å². The van der Waals surface area contributed by atoms with Crippen molar-refractivity contribution in [2.24, 2.45) is 0 Å². The van der Waals surface area contributed by atoms with Crippen LogP contribution in [-0.2, 0) is 25.5 Å². The van der Waals surface area contributed by atoms with Crippen molar-refractivity contribution in [3.8, 4) is 0 Å². The fourth-order valence-electron chi connectivity index (χ4n) is 2.64. The summed E-state index contributed by atoms with van der Waals surface area (Å²) in [7, 11) is 1.25. The summed E-state index contributed by atoms with van der Waals surface area (Å²) in [6, 6.07) is 7.92. The molecule has 5 nitrogen and oxygen atoms in total. The van der Waals surface area contributed by atoms with Crippen molar-refractivity contribution in [3.63, 3.8) is 0 Å².